The summed E-state index contributed by atoms with van der Waals surface area (Å²) in [7, 11) is 0. The van der Waals surface area contributed by atoms with Gasteiger partial charge in [-0.1, -0.05) is 0 Å². The van der Waals surface area contributed by atoms with Gasteiger partial charge in [0.2, 0.25) is 0 Å². The fraction of sp³-hybridized carbons (Fsp3) is 0.182. The molecule has 0 fully saturated rings. The van der Waals surface area contributed by atoms with Crippen molar-refractivity contribution in [2.24, 2.45) is 0 Å². The number of rotatable bonds is 0. The number of carbonyl (C=O) groups excluding carboxylic acids is 1. The molecule has 0 atom stereocenters. The third kappa shape index (κ3) is 1.40. The minimum atomic E-state index is -4.44. The Labute approximate surface area is 92.8 Å². The monoisotopic (exact) mass is 242 g/mol. The molecule has 0 saturated carbocycles. The summed E-state index contributed by atoms with van der Waals surface area (Å²) >= 11 is 0. The van der Waals surface area contributed by atoms with Gasteiger partial charge in [0, 0.05) is 5.39 Å². The molecule has 0 spiro atoms. The van der Waals surface area contributed by atoms with Crippen molar-refractivity contribution in [2.45, 2.75) is 12.8 Å². The Hall–Kier alpha value is -1.98. The summed E-state index contributed by atoms with van der Waals surface area (Å²) in [5.41, 5.74) is -0.445. The van der Waals surface area contributed by atoms with E-state index in [1.165, 1.54) is 6.07 Å². The van der Waals surface area contributed by atoms with Gasteiger partial charge in [0.25, 0.3) is 0 Å². The molecule has 1 aliphatic heterocycles. The van der Waals surface area contributed by atoms with Crippen LogP contribution in [-0.2, 0) is 17.5 Å². The van der Waals surface area contributed by atoms with Crippen molar-refractivity contribution in [2.75, 3.05) is 0 Å². The van der Waals surface area contributed by atoms with Crippen LogP contribution in [0.3, 0.4) is 0 Å². The first-order valence-electron chi connectivity index (χ1n) is 4.76. The lowest BCUT2D eigenvalue weighted by Crippen LogP contribution is -2.04. The maximum Gasteiger partial charge on any atom is 0.416 e. The maximum atomic E-state index is 12.5. The van der Waals surface area contributed by atoms with Gasteiger partial charge in [0.1, 0.15) is 11.1 Å². The Bertz CT molecular complexity index is 625. The van der Waals surface area contributed by atoms with E-state index in [0.717, 1.165) is 12.1 Å². The molecular weight excluding hydrogens is 237 g/mol. The van der Waals surface area contributed by atoms with Gasteiger partial charge in [0.05, 0.1) is 5.56 Å². The van der Waals surface area contributed by atoms with E-state index in [4.69, 9.17) is 4.42 Å². The average molecular weight is 242 g/mol. The second kappa shape index (κ2) is 3.03. The molecule has 0 saturated heterocycles. The summed E-state index contributed by atoms with van der Waals surface area (Å²) in [6, 6.07) is 3.04. The molecule has 17 heavy (non-hydrogen) atoms. The van der Waals surface area contributed by atoms with Gasteiger partial charge < -0.3 is 9.15 Å². The molecule has 1 aromatic carbocycles. The van der Waals surface area contributed by atoms with Gasteiger partial charge in [-0.3, -0.25) is 0 Å². The zero-order valence-corrected chi connectivity index (χ0v) is 8.30. The molecule has 3 rings (SSSR count). The molecule has 3 nitrogen and oxygen atoms in total. The fourth-order valence-corrected chi connectivity index (χ4v) is 1.85. The van der Waals surface area contributed by atoms with Gasteiger partial charge in [-0.05, 0) is 18.2 Å². The van der Waals surface area contributed by atoms with E-state index in [0.29, 0.717) is 0 Å². The average Bonchev–Trinajstić information content (AvgIpc) is 2.76. The summed E-state index contributed by atoms with van der Waals surface area (Å²) < 4.78 is 47.5. The van der Waals surface area contributed by atoms with Crippen LogP contribution in [0.2, 0.25) is 0 Å². The van der Waals surface area contributed by atoms with Crippen molar-refractivity contribution in [3.05, 3.63) is 35.1 Å². The van der Waals surface area contributed by atoms with E-state index in [1.807, 2.05) is 0 Å². The molecule has 0 aliphatic carbocycles. The number of hydrogen-bond acceptors (Lipinski definition) is 3. The number of alkyl halides is 3. The topological polar surface area (TPSA) is 39.4 Å². The first-order chi connectivity index (χ1) is 7.97. The van der Waals surface area contributed by atoms with Crippen LogP contribution in [0, 0.1) is 0 Å². The first-order valence-corrected chi connectivity index (χ1v) is 4.76. The number of fused-ring (bicyclic) bond motifs is 3. The number of benzene rings is 1. The Balaban J connectivity index is 2.29. The Kier molecular flexibility index (Phi) is 1.81. The fourth-order valence-electron chi connectivity index (χ4n) is 1.85. The molecule has 88 valence electrons. The van der Waals surface area contributed by atoms with Gasteiger partial charge in [0.15, 0.2) is 12.4 Å². The van der Waals surface area contributed by atoms with Crippen LogP contribution in [-0.4, -0.2) is 5.97 Å². The lowest BCUT2D eigenvalue weighted by Gasteiger charge is -2.05. The van der Waals surface area contributed by atoms with E-state index < -0.39 is 17.7 Å². The molecule has 0 unspecified atom stereocenters. The predicted molar refractivity (Wildman–Crippen MR) is 50.3 cm³/mol. The number of hydrogen-bond donors (Lipinski definition) is 0. The number of halogens is 3. The highest BCUT2D eigenvalue weighted by molar-refractivity contribution is 6.06. The van der Waals surface area contributed by atoms with E-state index in [9.17, 15) is 18.0 Å². The molecule has 1 aliphatic rings. The zero-order chi connectivity index (χ0) is 12.2. The second-order valence-electron chi connectivity index (χ2n) is 3.69. The normalized spacial score (nSPS) is 15.1. The number of ether oxygens (including phenoxy) is 1. The molecule has 6 heteroatoms. The standard InChI is InChI=1S/C11H5F3O3/c12-11(13,14)5-1-2-7-6(3-5)9-8(17-7)4-16-10(9)15/h1-3H,4H2. The first kappa shape index (κ1) is 10.2. The smallest absolute Gasteiger partial charge is 0.416 e. The summed E-state index contributed by atoms with van der Waals surface area (Å²) in [5, 5.41) is 0.150. The number of esters is 1. The third-order valence-electron chi connectivity index (χ3n) is 2.63. The molecule has 2 aromatic rings. The highest BCUT2D eigenvalue weighted by Gasteiger charge is 2.34. The molecule has 2 heterocycles. The summed E-state index contributed by atoms with van der Waals surface area (Å²) in [6.07, 6.45) is -4.44. The molecule has 0 amide bonds. The molecule has 1 aromatic heterocycles. The Morgan fingerprint density at radius 1 is 1.24 bits per heavy atom. The quantitative estimate of drug-likeness (QED) is 0.666. The van der Waals surface area contributed by atoms with Crippen LogP contribution in [0.4, 0.5) is 13.2 Å². The van der Waals surface area contributed by atoms with Crippen LogP contribution in [0.15, 0.2) is 22.6 Å². The van der Waals surface area contributed by atoms with E-state index in [2.05, 4.69) is 4.74 Å². The second-order valence-corrected chi connectivity index (χ2v) is 3.69. The third-order valence-corrected chi connectivity index (χ3v) is 2.63. The summed E-state index contributed by atoms with van der Waals surface area (Å²) in [4.78, 5) is 11.3. The Morgan fingerprint density at radius 2 is 2.00 bits per heavy atom. The lowest BCUT2D eigenvalue weighted by atomic mass is 10.1. The molecule has 0 radical (unpaired) electrons. The van der Waals surface area contributed by atoms with Crippen LogP contribution in [0.5, 0.6) is 0 Å². The SMILES string of the molecule is O=C1OCc2oc3ccc(C(F)(F)F)cc3c21. The Morgan fingerprint density at radius 3 is 2.71 bits per heavy atom. The van der Waals surface area contributed by atoms with Crippen molar-refractivity contribution in [3.63, 3.8) is 0 Å². The lowest BCUT2D eigenvalue weighted by molar-refractivity contribution is -0.137. The molecule has 0 N–H and O–H groups in total. The van der Waals surface area contributed by atoms with Crippen molar-refractivity contribution in [3.8, 4) is 0 Å². The predicted octanol–water partition coefficient (Wildman–Crippen LogP) is 3.12. The maximum absolute atomic E-state index is 12.5. The van der Waals surface area contributed by atoms with Crippen molar-refractivity contribution >= 4 is 16.9 Å². The van der Waals surface area contributed by atoms with Crippen molar-refractivity contribution in [1.29, 1.82) is 0 Å². The van der Waals surface area contributed by atoms with E-state index in [1.54, 1.807) is 0 Å². The highest BCUT2D eigenvalue weighted by Crippen LogP contribution is 2.36. The number of cyclic esters (lactones) is 1. The van der Waals surface area contributed by atoms with Crippen LogP contribution in [0.1, 0.15) is 21.7 Å². The van der Waals surface area contributed by atoms with Gasteiger partial charge in [-0.2, -0.15) is 13.2 Å². The van der Waals surface area contributed by atoms with E-state index >= 15 is 0 Å². The van der Waals surface area contributed by atoms with Gasteiger partial charge in [-0.25, -0.2) is 4.79 Å². The van der Waals surface area contributed by atoms with Crippen LogP contribution < -0.4 is 0 Å². The zero-order valence-electron chi connectivity index (χ0n) is 8.30. The summed E-state index contributed by atoms with van der Waals surface area (Å²) in [6.45, 7) is -0.0236. The van der Waals surface area contributed by atoms with Gasteiger partial charge in [-0.15, -0.1) is 0 Å². The van der Waals surface area contributed by atoms with Crippen LogP contribution >= 0.6 is 0 Å². The van der Waals surface area contributed by atoms with Gasteiger partial charge >= 0.3 is 12.1 Å². The van der Waals surface area contributed by atoms with Crippen molar-refractivity contribution < 1.29 is 27.1 Å². The minimum absolute atomic E-state index is 0.0236. The van der Waals surface area contributed by atoms with Crippen molar-refractivity contribution in [1.82, 2.24) is 0 Å². The number of carbonyl (C=O) groups is 1. The minimum Gasteiger partial charge on any atom is -0.456 e. The molecule has 0 bridgehead atoms. The van der Waals surface area contributed by atoms with E-state index in [-0.39, 0.29) is 28.9 Å². The summed E-state index contributed by atoms with van der Waals surface area (Å²) in [5.74, 6) is -0.359. The molecular formula is C11H5F3O3. The number of furan rings is 1. The largest absolute Gasteiger partial charge is 0.456 e. The van der Waals surface area contributed by atoms with Crippen LogP contribution in [0.25, 0.3) is 11.0 Å². The highest BCUT2D eigenvalue weighted by atomic mass is 19.4.